The van der Waals surface area contributed by atoms with Gasteiger partial charge >= 0.3 is 11.9 Å². The van der Waals surface area contributed by atoms with Crippen molar-refractivity contribution in [3.63, 3.8) is 0 Å². The predicted molar refractivity (Wildman–Crippen MR) is 69.2 cm³/mol. The van der Waals surface area contributed by atoms with Crippen molar-refractivity contribution in [3.8, 4) is 0 Å². The Balaban J connectivity index is 4.40. The molecular formula is C13H22NO4+. The summed E-state index contributed by atoms with van der Waals surface area (Å²) in [6.07, 6.45) is 2.70. The molecule has 0 aliphatic rings. The van der Waals surface area contributed by atoms with Gasteiger partial charge in [0.15, 0.2) is 0 Å². The minimum atomic E-state index is -1.10. The van der Waals surface area contributed by atoms with E-state index >= 15 is 0 Å². The van der Waals surface area contributed by atoms with E-state index in [0.717, 1.165) is 17.4 Å². The average molecular weight is 256 g/mol. The van der Waals surface area contributed by atoms with Crippen molar-refractivity contribution in [1.82, 2.24) is 0 Å². The second-order valence-electron chi connectivity index (χ2n) is 5.26. The van der Waals surface area contributed by atoms with E-state index in [0.29, 0.717) is 6.42 Å². The lowest BCUT2D eigenvalue weighted by molar-refractivity contribution is -0.870. The van der Waals surface area contributed by atoms with Crippen molar-refractivity contribution in [2.24, 2.45) is 0 Å². The predicted octanol–water partition coefficient (Wildman–Crippen LogP) is 1.51. The smallest absolute Gasteiger partial charge is 0.331 e. The zero-order valence-corrected chi connectivity index (χ0v) is 11.3. The molecule has 2 N–H and O–H groups in total. The van der Waals surface area contributed by atoms with Crippen LogP contribution in [0.4, 0.5) is 0 Å². The molecule has 0 aliphatic heterocycles. The molecule has 0 aromatic rings. The first-order valence-electron chi connectivity index (χ1n) is 5.77. The maximum Gasteiger partial charge on any atom is 0.331 e. The summed E-state index contributed by atoms with van der Waals surface area (Å²) in [6, 6.07) is 0. The summed E-state index contributed by atoms with van der Waals surface area (Å²) < 4.78 is 0.773. The number of carboxylic acids is 2. The summed E-state index contributed by atoms with van der Waals surface area (Å²) in [4.78, 5) is 21.5. The van der Waals surface area contributed by atoms with Crippen molar-refractivity contribution >= 4 is 11.9 Å². The summed E-state index contributed by atoms with van der Waals surface area (Å²) >= 11 is 0. The first kappa shape index (κ1) is 16.4. The second kappa shape index (κ2) is 6.96. The van der Waals surface area contributed by atoms with E-state index < -0.39 is 11.9 Å². The van der Waals surface area contributed by atoms with Crippen LogP contribution in [0.5, 0.6) is 0 Å². The Morgan fingerprint density at radius 1 is 1.17 bits per heavy atom. The van der Waals surface area contributed by atoms with E-state index in [-0.39, 0.29) is 17.6 Å². The van der Waals surface area contributed by atoms with Gasteiger partial charge in [0.2, 0.25) is 0 Å². The molecule has 0 aromatic carbocycles. The molecule has 18 heavy (non-hydrogen) atoms. The van der Waals surface area contributed by atoms with E-state index in [4.69, 9.17) is 10.2 Å². The normalized spacial score (nSPS) is 12.3. The van der Waals surface area contributed by atoms with Crippen molar-refractivity contribution < 1.29 is 24.3 Å². The van der Waals surface area contributed by atoms with Crippen LogP contribution in [0.15, 0.2) is 23.8 Å². The molecular weight excluding hydrogens is 234 g/mol. The third kappa shape index (κ3) is 7.62. The second-order valence-corrected chi connectivity index (χ2v) is 5.26. The molecule has 0 unspecified atom stereocenters. The largest absolute Gasteiger partial charge is 0.478 e. The Labute approximate surface area is 108 Å². The molecule has 0 rings (SSSR count). The number of hydrogen-bond donors (Lipinski definition) is 2. The summed E-state index contributed by atoms with van der Waals surface area (Å²) in [5.74, 6) is -2.09. The molecule has 0 aliphatic carbocycles. The third-order valence-electron chi connectivity index (χ3n) is 2.45. The molecule has 0 radical (unpaired) electrons. The van der Waals surface area contributed by atoms with E-state index in [1.54, 1.807) is 0 Å². The van der Waals surface area contributed by atoms with Crippen molar-refractivity contribution in [1.29, 1.82) is 0 Å². The molecule has 102 valence electrons. The minimum Gasteiger partial charge on any atom is -0.478 e. The fourth-order valence-electron chi connectivity index (χ4n) is 1.37. The number of hydrogen-bond acceptors (Lipinski definition) is 2. The number of quaternary nitrogens is 1. The highest BCUT2D eigenvalue weighted by Crippen LogP contribution is 2.11. The van der Waals surface area contributed by atoms with E-state index in [2.05, 4.69) is 6.58 Å². The van der Waals surface area contributed by atoms with Crippen LogP contribution in [0.2, 0.25) is 0 Å². The Morgan fingerprint density at radius 3 is 2.11 bits per heavy atom. The summed E-state index contributed by atoms with van der Waals surface area (Å²) in [5.41, 5.74) is 0.256. The van der Waals surface area contributed by atoms with Gasteiger partial charge < -0.3 is 14.7 Å². The Hall–Kier alpha value is -1.62. The van der Waals surface area contributed by atoms with Crippen LogP contribution in [-0.4, -0.2) is 54.3 Å². The quantitative estimate of drug-likeness (QED) is 0.510. The monoisotopic (exact) mass is 256 g/mol. The van der Waals surface area contributed by atoms with E-state index in [1.165, 1.54) is 6.08 Å². The molecule has 0 saturated heterocycles. The van der Waals surface area contributed by atoms with E-state index in [1.807, 2.05) is 21.1 Å². The van der Waals surface area contributed by atoms with Crippen molar-refractivity contribution in [3.05, 3.63) is 23.8 Å². The highest BCUT2D eigenvalue weighted by atomic mass is 16.4. The molecule has 5 nitrogen and oxygen atoms in total. The number of carbonyl (C=O) groups is 2. The van der Waals surface area contributed by atoms with Gasteiger partial charge in [-0.3, -0.25) is 0 Å². The lowest BCUT2D eigenvalue weighted by atomic mass is 10.1. The first-order valence-corrected chi connectivity index (χ1v) is 5.77. The molecule has 0 heterocycles. The van der Waals surface area contributed by atoms with Gasteiger partial charge in [0.25, 0.3) is 0 Å². The molecule has 0 amide bonds. The SMILES string of the molecule is C=C(CC=C(CCC[N+](C)(C)C)C(=O)O)C(=O)O. The number of carboxylic acid groups (broad SMARTS) is 2. The molecule has 0 aromatic heterocycles. The van der Waals surface area contributed by atoms with Gasteiger partial charge in [-0.1, -0.05) is 12.7 Å². The van der Waals surface area contributed by atoms with Crippen molar-refractivity contribution in [2.75, 3.05) is 27.7 Å². The fourth-order valence-corrected chi connectivity index (χ4v) is 1.37. The maximum atomic E-state index is 11.0. The Kier molecular flexibility index (Phi) is 6.33. The van der Waals surface area contributed by atoms with Gasteiger partial charge in [0.05, 0.1) is 27.7 Å². The van der Waals surface area contributed by atoms with Crippen molar-refractivity contribution in [2.45, 2.75) is 19.3 Å². The lowest BCUT2D eigenvalue weighted by Crippen LogP contribution is -2.35. The average Bonchev–Trinajstić information content (AvgIpc) is 2.20. The highest BCUT2D eigenvalue weighted by molar-refractivity contribution is 5.88. The standard InChI is InChI=1S/C13H21NO4/c1-10(12(15)16)7-8-11(13(17)18)6-5-9-14(2,3)4/h8H,1,5-7,9H2,2-4H3,(H-,15,16,17,18)/p+1. The van der Waals surface area contributed by atoms with Crippen LogP contribution in [0.3, 0.4) is 0 Å². The maximum absolute atomic E-state index is 11.0. The van der Waals surface area contributed by atoms with Gasteiger partial charge in [-0.05, 0) is 12.8 Å². The van der Waals surface area contributed by atoms with Crippen LogP contribution in [0, 0.1) is 0 Å². The summed E-state index contributed by atoms with van der Waals surface area (Å²) in [5, 5.41) is 17.6. The Morgan fingerprint density at radius 2 is 1.72 bits per heavy atom. The minimum absolute atomic E-state index is 0.000327. The number of nitrogens with zero attached hydrogens (tertiary/aromatic N) is 1. The highest BCUT2D eigenvalue weighted by Gasteiger charge is 2.12. The van der Waals surface area contributed by atoms with Crippen LogP contribution in [-0.2, 0) is 9.59 Å². The number of rotatable bonds is 8. The lowest BCUT2D eigenvalue weighted by Gasteiger charge is -2.23. The number of allylic oxidation sites excluding steroid dienone is 1. The fraction of sp³-hybridized carbons (Fsp3) is 0.538. The summed E-state index contributed by atoms with van der Waals surface area (Å²) in [7, 11) is 6.11. The molecule has 0 fully saturated rings. The van der Waals surface area contributed by atoms with Gasteiger partial charge in [-0.15, -0.1) is 0 Å². The Bertz CT molecular complexity index is 364. The molecule has 5 heteroatoms. The molecule has 0 bridgehead atoms. The van der Waals surface area contributed by atoms with Crippen LogP contribution in [0.25, 0.3) is 0 Å². The molecule has 0 atom stereocenters. The van der Waals surface area contributed by atoms with Gasteiger partial charge in [-0.25, -0.2) is 9.59 Å². The van der Waals surface area contributed by atoms with Gasteiger partial charge in [-0.2, -0.15) is 0 Å². The van der Waals surface area contributed by atoms with Gasteiger partial charge in [0.1, 0.15) is 0 Å². The first-order chi connectivity index (χ1) is 8.13. The summed E-state index contributed by atoms with van der Waals surface area (Å²) in [6.45, 7) is 4.23. The molecule has 0 spiro atoms. The van der Waals surface area contributed by atoms with E-state index in [9.17, 15) is 9.59 Å². The third-order valence-corrected chi connectivity index (χ3v) is 2.45. The number of aliphatic carboxylic acids is 2. The van der Waals surface area contributed by atoms with Crippen LogP contribution < -0.4 is 0 Å². The zero-order chi connectivity index (χ0) is 14.3. The zero-order valence-electron chi connectivity index (χ0n) is 11.3. The molecule has 0 saturated carbocycles. The van der Waals surface area contributed by atoms with Crippen LogP contribution >= 0.6 is 0 Å². The van der Waals surface area contributed by atoms with Gasteiger partial charge in [0, 0.05) is 17.6 Å². The topological polar surface area (TPSA) is 74.6 Å². The van der Waals surface area contributed by atoms with Crippen LogP contribution in [0.1, 0.15) is 19.3 Å².